The zero-order chi connectivity index (χ0) is 21.0. The van der Waals surface area contributed by atoms with Gasteiger partial charge in [0.05, 0.1) is 12.1 Å². The van der Waals surface area contributed by atoms with Gasteiger partial charge >= 0.3 is 0 Å². The molecule has 2 aliphatic heterocycles. The number of piperidine rings is 1. The standard InChI is InChI=1S/C23H38N4O2/c1-18-6-10-23(17-24,11-7-18)25(3)22(29)19(2)26-14-8-20(9-15-26)16-21(28)27-12-4-5-13-27/h18-20H,4-16H2,1-3H3. The second-order valence-corrected chi connectivity index (χ2v) is 9.67. The van der Waals surface area contributed by atoms with Crippen molar-refractivity contribution in [3.8, 4) is 6.07 Å². The van der Waals surface area contributed by atoms with Gasteiger partial charge in [0.2, 0.25) is 11.8 Å². The van der Waals surface area contributed by atoms with Crippen LogP contribution in [0.4, 0.5) is 0 Å². The topological polar surface area (TPSA) is 67.6 Å². The van der Waals surface area contributed by atoms with Crippen LogP contribution in [0.15, 0.2) is 0 Å². The van der Waals surface area contributed by atoms with Gasteiger partial charge in [0.15, 0.2) is 0 Å². The maximum atomic E-state index is 13.2. The van der Waals surface area contributed by atoms with E-state index in [1.165, 1.54) is 0 Å². The summed E-state index contributed by atoms with van der Waals surface area (Å²) in [6.07, 6.45) is 8.46. The van der Waals surface area contributed by atoms with Crippen molar-refractivity contribution in [2.45, 2.75) is 83.2 Å². The van der Waals surface area contributed by atoms with Crippen LogP contribution in [0.5, 0.6) is 0 Å². The minimum absolute atomic E-state index is 0.0627. The fraction of sp³-hybridized carbons (Fsp3) is 0.870. The van der Waals surface area contributed by atoms with Crippen molar-refractivity contribution in [3.63, 3.8) is 0 Å². The smallest absolute Gasteiger partial charge is 0.240 e. The molecule has 1 saturated carbocycles. The van der Waals surface area contributed by atoms with Crippen molar-refractivity contribution >= 4 is 11.8 Å². The highest BCUT2D eigenvalue weighted by molar-refractivity contribution is 5.82. The number of carbonyl (C=O) groups is 2. The lowest BCUT2D eigenvalue weighted by atomic mass is 9.77. The number of hydrogen-bond acceptors (Lipinski definition) is 4. The molecule has 162 valence electrons. The minimum Gasteiger partial charge on any atom is -0.343 e. The zero-order valence-corrected chi connectivity index (χ0v) is 18.5. The van der Waals surface area contributed by atoms with Crippen LogP contribution in [0.2, 0.25) is 0 Å². The largest absolute Gasteiger partial charge is 0.343 e. The van der Waals surface area contributed by atoms with Gasteiger partial charge in [-0.15, -0.1) is 0 Å². The third-order valence-electron chi connectivity index (χ3n) is 7.76. The molecule has 2 heterocycles. The van der Waals surface area contributed by atoms with Gasteiger partial charge in [0.25, 0.3) is 0 Å². The number of likely N-dealkylation sites (N-methyl/N-ethyl adjacent to an activating group) is 1. The molecule has 0 aromatic rings. The molecule has 0 radical (unpaired) electrons. The van der Waals surface area contributed by atoms with E-state index in [0.29, 0.717) is 24.2 Å². The summed E-state index contributed by atoms with van der Waals surface area (Å²) in [6.45, 7) is 7.77. The lowest BCUT2D eigenvalue weighted by molar-refractivity contribution is -0.141. The molecule has 2 saturated heterocycles. The molecule has 0 N–H and O–H groups in total. The molecule has 0 aromatic heterocycles. The van der Waals surface area contributed by atoms with Gasteiger partial charge in [0, 0.05) is 26.6 Å². The van der Waals surface area contributed by atoms with Crippen molar-refractivity contribution in [1.29, 1.82) is 5.26 Å². The Balaban J connectivity index is 1.50. The Morgan fingerprint density at radius 2 is 1.69 bits per heavy atom. The van der Waals surface area contributed by atoms with E-state index in [1.54, 1.807) is 4.90 Å². The second-order valence-electron chi connectivity index (χ2n) is 9.67. The zero-order valence-electron chi connectivity index (χ0n) is 18.5. The number of likely N-dealkylation sites (tertiary alicyclic amines) is 2. The number of hydrogen-bond donors (Lipinski definition) is 0. The van der Waals surface area contributed by atoms with Crippen LogP contribution in [0.3, 0.4) is 0 Å². The monoisotopic (exact) mass is 402 g/mol. The van der Waals surface area contributed by atoms with E-state index in [0.717, 1.165) is 77.5 Å². The van der Waals surface area contributed by atoms with E-state index in [9.17, 15) is 14.9 Å². The van der Waals surface area contributed by atoms with Gasteiger partial charge in [0.1, 0.15) is 5.54 Å². The number of nitrogens with zero attached hydrogens (tertiary/aromatic N) is 4. The molecule has 3 fully saturated rings. The third-order valence-corrected chi connectivity index (χ3v) is 7.76. The predicted molar refractivity (Wildman–Crippen MR) is 113 cm³/mol. The predicted octanol–water partition coefficient (Wildman–Crippen LogP) is 3.03. The van der Waals surface area contributed by atoms with Gasteiger partial charge in [-0.3, -0.25) is 14.5 Å². The Labute approximate surface area is 176 Å². The molecular weight excluding hydrogens is 364 g/mol. The van der Waals surface area contributed by atoms with Crippen LogP contribution < -0.4 is 0 Å². The SMILES string of the molecule is CC1CCC(C#N)(N(C)C(=O)C(C)N2CCC(CC(=O)N3CCCC3)CC2)CC1. The van der Waals surface area contributed by atoms with E-state index in [2.05, 4.69) is 17.9 Å². The van der Waals surface area contributed by atoms with Crippen LogP contribution in [-0.2, 0) is 9.59 Å². The average molecular weight is 403 g/mol. The molecule has 3 rings (SSSR count). The molecule has 6 heteroatoms. The molecule has 0 bridgehead atoms. The van der Waals surface area contributed by atoms with E-state index in [-0.39, 0.29) is 11.9 Å². The molecule has 6 nitrogen and oxygen atoms in total. The van der Waals surface area contributed by atoms with Crippen molar-refractivity contribution in [2.24, 2.45) is 11.8 Å². The first kappa shape index (κ1) is 22.1. The third kappa shape index (κ3) is 4.94. The highest BCUT2D eigenvalue weighted by atomic mass is 16.2. The second kappa shape index (κ2) is 9.47. The first-order chi connectivity index (χ1) is 13.9. The summed E-state index contributed by atoms with van der Waals surface area (Å²) >= 11 is 0. The highest BCUT2D eigenvalue weighted by Gasteiger charge is 2.42. The van der Waals surface area contributed by atoms with Crippen molar-refractivity contribution < 1.29 is 9.59 Å². The molecular formula is C23H38N4O2. The first-order valence-corrected chi connectivity index (χ1v) is 11.6. The van der Waals surface area contributed by atoms with E-state index >= 15 is 0 Å². The lowest BCUT2D eigenvalue weighted by Gasteiger charge is -2.44. The van der Waals surface area contributed by atoms with E-state index in [1.807, 2.05) is 18.9 Å². The van der Waals surface area contributed by atoms with Crippen molar-refractivity contribution in [2.75, 3.05) is 33.2 Å². The number of amides is 2. The molecule has 1 unspecified atom stereocenters. The van der Waals surface area contributed by atoms with Gasteiger partial charge in [-0.2, -0.15) is 5.26 Å². The molecule has 1 aliphatic carbocycles. The summed E-state index contributed by atoms with van der Waals surface area (Å²) in [5, 5.41) is 9.85. The lowest BCUT2D eigenvalue weighted by Crippen LogP contribution is -2.57. The average Bonchev–Trinajstić information content (AvgIpc) is 3.29. The fourth-order valence-corrected chi connectivity index (χ4v) is 5.30. The summed E-state index contributed by atoms with van der Waals surface area (Å²) in [5.41, 5.74) is -0.641. The van der Waals surface area contributed by atoms with Gasteiger partial charge in [-0.05, 0) is 83.2 Å². The Hall–Kier alpha value is -1.61. The van der Waals surface area contributed by atoms with Crippen LogP contribution >= 0.6 is 0 Å². The van der Waals surface area contributed by atoms with Crippen molar-refractivity contribution in [1.82, 2.24) is 14.7 Å². The molecule has 29 heavy (non-hydrogen) atoms. The summed E-state index contributed by atoms with van der Waals surface area (Å²) < 4.78 is 0. The Morgan fingerprint density at radius 3 is 2.24 bits per heavy atom. The number of carbonyl (C=O) groups excluding carboxylic acids is 2. The van der Waals surface area contributed by atoms with Gasteiger partial charge < -0.3 is 9.80 Å². The Bertz CT molecular complexity index is 621. The fourth-order valence-electron chi connectivity index (χ4n) is 5.30. The van der Waals surface area contributed by atoms with Crippen LogP contribution in [0.1, 0.15) is 71.6 Å². The Morgan fingerprint density at radius 1 is 1.10 bits per heavy atom. The van der Waals surface area contributed by atoms with E-state index < -0.39 is 5.54 Å². The van der Waals surface area contributed by atoms with Crippen LogP contribution in [0, 0.1) is 23.2 Å². The van der Waals surface area contributed by atoms with E-state index in [4.69, 9.17) is 0 Å². The maximum absolute atomic E-state index is 13.2. The summed E-state index contributed by atoms with van der Waals surface area (Å²) in [6, 6.07) is 2.27. The molecule has 0 aromatic carbocycles. The summed E-state index contributed by atoms with van der Waals surface area (Å²) in [7, 11) is 1.82. The van der Waals surface area contributed by atoms with Crippen LogP contribution in [-0.4, -0.2) is 71.3 Å². The maximum Gasteiger partial charge on any atom is 0.240 e. The number of nitriles is 1. The van der Waals surface area contributed by atoms with Crippen molar-refractivity contribution in [3.05, 3.63) is 0 Å². The number of rotatable bonds is 5. The minimum atomic E-state index is -0.641. The Kier molecular flexibility index (Phi) is 7.21. The molecule has 1 atom stereocenters. The summed E-state index contributed by atoms with van der Waals surface area (Å²) in [4.78, 5) is 31.6. The normalized spacial score (nSPS) is 30.0. The van der Waals surface area contributed by atoms with Gasteiger partial charge in [-0.1, -0.05) is 6.92 Å². The van der Waals surface area contributed by atoms with Gasteiger partial charge in [-0.25, -0.2) is 0 Å². The first-order valence-electron chi connectivity index (χ1n) is 11.6. The van der Waals surface area contributed by atoms with Crippen LogP contribution in [0.25, 0.3) is 0 Å². The summed E-state index contributed by atoms with van der Waals surface area (Å²) in [5.74, 6) is 1.45. The molecule has 0 spiro atoms. The quantitative estimate of drug-likeness (QED) is 0.709. The molecule has 2 amide bonds. The molecule has 3 aliphatic rings. The highest BCUT2D eigenvalue weighted by Crippen LogP contribution is 2.36.